The minimum absolute atomic E-state index is 0.222. The molecule has 0 saturated heterocycles. The van der Waals surface area contributed by atoms with Crippen LogP contribution in [0.5, 0.6) is 0 Å². The van der Waals surface area contributed by atoms with Crippen LogP contribution in [0.1, 0.15) is 16.7 Å². The van der Waals surface area contributed by atoms with Crippen molar-refractivity contribution in [2.45, 2.75) is 20.0 Å². The van der Waals surface area contributed by atoms with Gasteiger partial charge in [-0.3, -0.25) is 0 Å². The third-order valence-corrected chi connectivity index (χ3v) is 2.93. The maximum Gasteiger partial charge on any atom is 0.419 e. The van der Waals surface area contributed by atoms with Gasteiger partial charge in [-0.15, -0.1) is 10.2 Å². The van der Waals surface area contributed by atoms with Crippen LogP contribution in [0.2, 0.25) is 5.15 Å². The van der Waals surface area contributed by atoms with E-state index in [4.69, 9.17) is 11.6 Å². The average Bonchev–Trinajstić information content (AvgIpc) is 2.75. The zero-order valence-corrected chi connectivity index (χ0v) is 10.2. The second-order valence-electron chi connectivity index (χ2n) is 3.74. The van der Waals surface area contributed by atoms with Gasteiger partial charge >= 0.3 is 6.18 Å². The molecule has 0 bridgehead atoms. The van der Waals surface area contributed by atoms with E-state index in [9.17, 15) is 13.2 Å². The largest absolute Gasteiger partial charge is 0.419 e. The van der Waals surface area contributed by atoms with Gasteiger partial charge in [-0.2, -0.15) is 18.3 Å². The predicted octanol–water partition coefficient (Wildman–Crippen LogP) is 2.95. The lowest BCUT2D eigenvalue weighted by Gasteiger charge is -2.07. The number of aromatic nitrogens is 4. The highest BCUT2D eigenvalue weighted by Gasteiger charge is 2.32. The average molecular weight is 277 g/mol. The van der Waals surface area contributed by atoms with E-state index in [1.54, 1.807) is 13.8 Å². The Bertz CT molecular complexity index is 591. The molecule has 0 aromatic carbocycles. The fourth-order valence-corrected chi connectivity index (χ4v) is 1.55. The van der Waals surface area contributed by atoms with Crippen molar-refractivity contribution < 1.29 is 13.2 Å². The van der Waals surface area contributed by atoms with Crippen molar-refractivity contribution in [1.82, 2.24) is 20.0 Å². The minimum atomic E-state index is -4.43. The number of halogens is 4. The Labute approximate surface area is 105 Å². The highest BCUT2D eigenvalue weighted by atomic mass is 35.5. The first kappa shape index (κ1) is 12.8. The van der Waals surface area contributed by atoms with Gasteiger partial charge in [0.1, 0.15) is 0 Å². The van der Waals surface area contributed by atoms with E-state index < -0.39 is 11.7 Å². The first-order valence-electron chi connectivity index (χ1n) is 4.92. The van der Waals surface area contributed by atoms with Crippen molar-refractivity contribution in [2.24, 2.45) is 0 Å². The first-order chi connectivity index (χ1) is 8.30. The molecule has 0 spiro atoms. The monoisotopic (exact) mass is 276 g/mol. The van der Waals surface area contributed by atoms with Crippen molar-refractivity contribution in [3.8, 4) is 5.82 Å². The molecule has 18 heavy (non-hydrogen) atoms. The highest BCUT2D eigenvalue weighted by molar-refractivity contribution is 6.30. The van der Waals surface area contributed by atoms with Crippen LogP contribution in [0.4, 0.5) is 13.2 Å². The molecule has 4 nitrogen and oxygen atoms in total. The number of rotatable bonds is 1. The summed E-state index contributed by atoms with van der Waals surface area (Å²) < 4.78 is 38.4. The molecule has 0 unspecified atom stereocenters. The topological polar surface area (TPSA) is 43.6 Å². The molecule has 2 aromatic heterocycles. The lowest BCUT2D eigenvalue weighted by Crippen LogP contribution is -2.06. The number of alkyl halides is 3. The summed E-state index contributed by atoms with van der Waals surface area (Å²) in [4.78, 5) is 0. The van der Waals surface area contributed by atoms with Crippen molar-refractivity contribution in [1.29, 1.82) is 0 Å². The Morgan fingerprint density at radius 2 is 1.83 bits per heavy atom. The minimum Gasteiger partial charge on any atom is -0.220 e. The smallest absolute Gasteiger partial charge is 0.220 e. The second kappa shape index (κ2) is 4.24. The van der Waals surface area contributed by atoms with E-state index >= 15 is 0 Å². The Balaban J connectivity index is 2.50. The van der Waals surface area contributed by atoms with Crippen LogP contribution in [0.3, 0.4) is 0 Å². The molecule has 0 amide bonds. The van der Waals surface area contributed by atoms with Gasteiger partial charge in [0.15, 0.2) is 11.0 Å². The van der Waals surface area contributed by atoms with Crippen LogP contribution in [-0.2, 0) is 6.18 Å². The quantitative estimate of drug-likeness (QED) is 0.804. The van der Waals surface area contributed by atoms with E-state index in [0.717, 1.165) is 17.1 Å². The Kier molecular flexibility index (Phi) is 3.02. The summed E-state index contributed by atoms with van der Waals surface area (Å²) in [6.07, 6.45) is -2.82. The van der Waals surface area contributed by atoms with E-state index in [0.29, 0.717) is 11.1 Å². The maximum atomic E-state index is 12.5. The van der Waals surface area contributed by atoms with Gasteiger partial charge in [-0.25, -0.2) is 4.68 Å². The van der Waals surface area contributed by atoms with Gasteiger partial charge in [0.2, 0.25) is 0 Å². The molecule has 0 aliphatic carbocycles. The SMILES string of the molecule is Cc1c(Cl)nnc(-n2cc(C(F)(F)F)cn2)c1C. The van der Waals surface area contributed by atoms with Crippen molar-refractivity contribution in [3.05, 3.63) is 34.2 Å². The molecule has 2 rings (SSSR count). The van der Waals surface area contributed by atoms with Crippen LogP contribution in [0, 0.1) is 13.8 Å². The van der Waals surface area contributed by atoms with Gasteiger partial charge in [0.05, 0.1) is 11.8 Å². The molecule has 0 aliphatic rings. The Hall–Kier alpha value is -1.63. The molecule has 96 valence electrons. The van der Waals surface area contributed by atoms with Crippen LogP contribution in [0.15, 0.2) is 12.4 Å². The van der Waals surface area contributed by atoms with Gasteiger partial charge in [-0.05, 0) is 19.4 Å². The summed E-state index contributed by atoms with van der Waals surface area (Å²) in [5.74, 6) is 0.229. The third kappa shape index (κ3) is 2.17. The predicted molar refractivity (Wildman–Crippen MR) is 58.6 cm³/mol. The molecule has 0 atom stereocenters. The van der Waals surface area contributed by atoms with Crippen LogP contribution >= 0.6 is 11.6 Å². The summed E-state index contributed by atoms with van der Waals surface area (Å²) in [6, 6.07) is 0. The molecule has 2 aromatic rings. The van der Waals surface area contributed by atoms with Gasteiger partial charge in [0, 0.05) is 11.8 Å². The number of nitrogens with zero attached hydrogens (tertiary/aromatic N) is 4. The lowest BCUT2D eigenvalue weighted by molar-refractivity contribution is -0.137. The van der Waals surface area contributed by atoms with E-state index in [1.165, 1.54) is 0 Å². The molecular weight excluding hydrogens is 269 g/mol. The summed E-state index contributed by atoms with van der Waals surface area (Å²) >= 11 is 5.77. The summed E-state index contributed by atoms with van der Waals surface area (Å²) in [6.45, 7) is 3.41. The first-order valence-corrected chi connectivity index (χ1v) is 5.30. The Morgan fingerprint density at radius 3 is 2.39 bits per heavy atom. The molecule has 0 radical (unpaired) electrons. The molecule has 8 heteroatoms. The fraction of sp³-hybridized carbons (Fsp3) is 0.300. The molecule has 0 aliphatic heterocycles. The summed E-state index contributed by atoms with van der Waals surface area (Å²) in [7, 11) is 0. The van der Waals surface area contributed by atoms with Crippen molar-refractivity contribution in [2.75, 3.05) is 0 Å². The van der Waals surface area contributed by atoms with Gasteiger partial charge in [0.25, 0.3) is 0 Å². The Morgan fingerprint density at radius 1 is 1.17 bits per heavy atom. The zero-order chi connectivity index (χ0) is 13.5. The molecule has 0 fully saturated rings. The van der Waals surface area contributed by atoms with Crippen molar-refractivity contribution in [3.63, 3.8) is 0 Å². The molecular formula is C10H8ClF3N4. The normalized spacial score (nSPS) is 11.9. The lowest BCUT2D eigenvalue weighted by atomic mass is 10.2. The number of hydrogen-bond donors (Lipinski definition) is 0. The second-order valence-corrected chi connectivity index (χ2v) is 4.09. The van der Waals surface area contributed by atoms with E-state index in [2.05, 4.69) is 15.3 Å². The van der Waals surface area contributed by atoms with E-state index in [-0.39, 0.29) is 11.0 Å². The van der Waals surface area contributed by atoms with Crippen LogP contribution in [0.25, 0.3) is 5.82 Å². The van der Waals surface area contributed by atoms with E-state index in [1.807, 2.05) is 0 Å². The molecule has 0 N–H and O–H groups in total. The fourth-order valence-electron chi connectivity index (χ4n) is 1.37. The zero-order valence-electron chi connectivity index (χ0n) is 9.46. The number of hydrogen-bond acceptors (Lipinski definition) is 3. The molecule has 2 heterocycles. The van der Waals surface area contributed by atoms with Gasteiger partial charge < -0.3 is 0 Å². The standard InChI is InChI=1S/C10H8ClF3N4/c1-5-6(2)9(17-16-8(5)11)18-4-7(3-15-18)10(12,13)14/h3-4H,1-2H3. The van der Waals surface area contributed by atoms with Crippen molar-refractivity contribution >= 4 is 11.6 Å². The van der Waals surface area contributed by atoms with Crippen LogP contribution < -0.4 is 0 Å². The van der Waals surface area contributed by atoms with Crippen LogP contribution in [-0.4, -0.2) is 20.0 Å². The summed E-state index contributed by atoms with van der Waals surface area (Å²) in [5.41, 5.74) is 0.453. The van der Waals surface area contributed by atoms with Gasteiger partial charge in [-0.1, -0.05) is 11.6 Å². The third-order valence-electron chi connectivity index (χ3n) is 2.57. The highest BCUT2D eigenvalue weighted by Crippen LogP contribution is 2.29. The molecule has 0 saturated carbocycles. The summed E-state index contributed by atoms with van der Waals surface area (Å²) in [5, 5.41) is 11.3. The maximum absolute atomic E-state index is 12.5.